The SMILES string of the molecule is CCCNC(c1ccc(C)nc1)C1(C)CCCS1. The molecule has 2 unspecified atom stereocenters. The number of nitrogens with zero attached hydrogens (tertiary/aromatic N) is 1. The molecule has 2 atom stereocenters. The summed E-state index contributed by atoms with van der Waals surface area (Å²) in [5.74, 6) is 1.29. The van der Waals surface area contributed by atoms with Gasteiger partial charge in [-0.1, -0.05) is 13.0 Å². The van der Waals surface area contributed by atoms with Crippen LogP contribution in [0.3, 0.4) is 0 Å². The highest BCUT2D eigenvalue weighted by Crippen LogP contribution is 2.46. The molecule has 0 aromatic carbocycles. The fourth-order valence-corrected chi connectivity index (χ4v) is 4.08. The summed E-state index contributed by atoms with van der Waals surface area (Å²) in [6.45, 7) is 7.75. The van der Waals surface area contributed by atoms with Crippen LogP contribution in [-0.4, -0.2) is 22.0 Å². The number of rotatable bonds is 5. The summed E-state index contributed by atoms with van der Waals surface area (Å²) >= 11 is 2.11. The summed E-state index contributed by atoms with van der Waals surface area (Å²) in [6, 6.07) is 4.79. The van der Waals surface area contributed by atoms with Crippen LogP contribution in [0.25, 0.3) is 0 Å². The maximum Gasteiger partial charge on any atom is 0.0481 e. The minimum absolute atomic E-state index is 0.326. The molecule has 0 saturated carbocycles. The van der Waals surface area contributed by atoms with Gasteiger partial charge in [0.15, 0.2) is 0 Å². The minimum atomic E-state index is 0.326. The Morgan fingerprint density at radius 2 is 2.33 bits per heavy atom. The first-order valence-electron chi connectivity index (χ1n) is 6.95. The fourth-order valence-electron chi connectivity index (χ4n) is 2.65. The normalized spacial score (nSPS) is 25.3. The maximum atomic E-state index is 4.46. The quantitative estimate of drug-likeness (QED) is 0.877. The van der Waals surface area contributed by atoms with E-state index in [1.54, 1.807) is 0 Å². The number of hydrogen-bond donors (Lipinski definition) is 1. The zero-order valence-corrected chi connectivity index (χ0v) is 12.5. The Bertz CT molecular complexity index is 369. The molecular weight excluding hydrogens is 240 g/mol. The second-order valence-corrected chi connectivity index (χ2v) is 7.01. The van der Waals surface area contributed by atoms with Crippen LogP contribution in [0.1, 0.15) is 50.4 Å². The van der Waals surface area contributed by atoms with Crippen molar-refractivity contribution in [3.63, 3.8) is 0 Å². The van der Waals surface area contributed by atoms with Crippen molar-refractivity contribution in [3.8, 4) is 0 Å². The van der Waals surface area contributed by atoms with Crippen LogP contribution in [0, 0.1) is 6.92 Å². The second-order valence-electron chi connectivity index (χ2n) is 5.38. The molecule has 1 aromatic heterocycles. The highest BCUT2D eigenvalue weighted by Gasteiger charge is 2.38. The summed E-state index contributed by atoms with van der Waals surface area (Å²) < 4.78 is 0.326. The summed E-state index contributed by atoms with van der Waals surface area (Å²) in [7, 11) is 0. The smallest absolute Gasteiger partial charge is 0.0481 e. The summed E-state index contributed by atoms with van der Waals surface area (Å²) in [5, 5.41) is 3.73. The first-order chi connectivity index (χ1) is 8.65. The van der Waals surface area contributed by atoms with Gasteiger partial charge in [-0.15, -0.1) is 0 Å². The minimum Gasteiger partial charge on any atom is -0.309 e. The van der Waals surface area contributed by atoms with Crippen LogP contribution in [0.15, 0.2) is 18.3 Å². The Morgan fingerprint density at radius 3 is 2.89 bits per heavy atom. The van der Waals surface area contributed by atoms with Gasteiger partial charge < -0.3 is 5.32 Å². The molecule has 0 amide bonds. The van der Waals surface area contributed by atoms with Crippen molar-refractivity contribution in [1.82, 2.24) is 10.3 Å². The number of aryl methyl sites for hydroxylation is 1. The molecule has 0 radical (unpaired) electrons. The average Bonchev–Trinajstić information content (AvgIpc) is 2.80. The predicted octanol–water partition coefficient (Wildman–Crippen LogP) is 3.72. The molecule has 1 aromatic rings. The zero-order valence-electron chi connectivity index (χ0n) is 11.7. The van der Waals surface area contributed by atoms with Gasteiger partial charge in [0.1, 0.15) is 0 Å². The van der Waals surface area contributed by atoms with E-state index in [1.807, 2.05) is 13.1 Å². The molecule has 2 heterocycles. The van der Waals surface area contributed by atoms with E-state index in [1.165, 1.54) is 30.6 Å². The van der Waals surface area contributed by atoms with E-state index >= 15 is 0 Å². The molecule has 100 valence electrons. The zero-order chi connectivity index (χ0) is 13.0. The molecule has 0 bridgehead atoms. The van der Waals surface area contributed by atoms with Gasteiger partial charge in [0.05, 0.1) is 0 Å². The number of hydrogen-bond acceptors (Lipinski definition) is 3. The molecule has 0 aliphatic carbocycles. The van der Waals surface area contributed by atoms with E-state index in [0.717, 1.165) is 12.2 Å². The van der Waals surface area contributed by atoms with Gasteiger partial charge in [0.25, 0.3) is 0 Å². The van der Waals surface area contributed by atoms with E-state index < -0.39 is 0 Å². The highest BCUT2D eigenvalue weighted by molar-refractivity contribution is 8.00. The van der Waals surface area contributed by atoms with Gasteiger partial charge in [-0.05, 0) is 57.0 Å². The summed E-state index contributed by atoms with van der Waals surface area (Å²) in [4.78, 5) is 4.46. The number of pyridine rings is 1. The van der Waals surface area contributed by atoms with Crippen LogP contribution in [0.2, 0.25) is 0 Å². The lowest BCUT2D eigenvalue weighted by Crippen LogP contribution is -2.38. The van der Waals surface area contributed by atoms with Gasteiger partial charge >= 0.3 is 0 Å². The van der Waals surface area contributed by atoms with E-state index in [4.69, 9.17) is 0 Å². The largest absolute Gasteiger partial charge is 0.309 e. The number of nitrogens with one attached hydrogen (secondary N) is 1. The lowest BCUT2D eigenvalue weighted by molar-refractivity contribution is 0.412. The van der Waals surface area contributed by atoms with Crippen molar-refractivity contribution in [1.29, 1.82) is 0 Å². The van der Waals surface area contributed by atoms with E-state index in [0.29, 0.717) is 10.8 Å². The van der Waals surface area contributed by atoms with Crippen LogP contribution >= 0.6 is 11.8 Å². The van der Waals surface area contributed by atoms with Crippen molar-refractivity contribution in [2.24, 2.45) is 0 Å². The van der Waals surface area contributed by atoms with E-state index in [2.05, 4.69) is 48.0 Å². The van der Waals surface area contributed by atoms with Crippen LogP contribution in [-0.2, 0) is 0 Å². The molecule has 2 nitrogen and oxygen atoms in total. The molecule has 3 heteroatoms. The Hall–Kier alpha value is -0.540. The molecular formula is C15H24N2S. The fraction of sp³-hybridized carbons (Fsp3) is 0.667. The van der Waals surface area contributed by atoms with Gasteiger partial charge in [-0.2, -0.15) is 11.8 Å². The third kappa shape index (κ3) is 3.07. The van der Waals surface area contributed by atoms with Gasteiger partial charge in [-0.3, -0.25) is 4.98 Å². The molecule has 1 N–H and O–H groups in total. The molecule has 0 spiro atoms. The average molecular weight is 264 g/mol. The van der Waals surface area contributed by atoms with Crippen molar-refractivity contribution >= 4 is 11.8 Å². The first-order valence-corrected chi connectivity index (χ1v) is 7.94. The maximum absolute atomic E-state index is 4.46. The Labute approximate surface area is 115 Å². The van der Waals surface area contributed by atoms with Crippen LogP contribution < -0.4 is 5.32 Å². The Balaban J connectivity index is 2.21. The summed E-state index contributed by atoms with van der Waals surface area (Å²) in [6.07, 6.45) is 5.86. The number of thioether (sulfide) groups is 1. The van der Waals surface area contributed by atoms with Crippen molar-refractivity contribution in [2.75, 3.05) is 12.3 Å². The predicted molar refractivity (Wildman–Crippen MR) is 80.1 cm³/mol. The Morgan fingerprint density at radius 1 is 1.50 bits per heavy atom. The van der Waals surface area contributed by atoms with Crippen molar-refractivity contribution in [3.05, 3.63) is 29.6 Å². The molecule has 1 aliphatic rings. The monoisotopic (exact) mass is 264 g/mol. The molecule has 18 heavy (non-hydrogen) atoms. The van der Waals surface area contributed by atoms with Crippen LogP contribution in [0.5, 0.6) is 0 Å². The lowest BCUT2D eigenvalue weighted by Gasteiger charge is -2.34. The molecule has 1 fully saturated rings. The molecule has 1 saturated heterocycles. The van der Waals surface area contributed by atoms with Crippen molar-refractivity contribution in [2.45, 2.75) is 50.8 Å². The van der Waals surface area contributed by atoms with E-state index in [9.17, 15) is 0 Å². The summed E-state index contributed by atoms with van der Waals surface area (Å²) in [5.41, 5.74) is 2.43. The lowest BCUT2D eigenvalue weighted by atomic mass is 9.91. The highest BCUT2D eigenvalue weighted by atomic mass is 32.2. The second kappa shape index (κ2) is 6.07. The topological polar surface area (TPSA) is 24.9 Å². The third-order valence-corrected chi connectivity index (χ3v) is 5.32. The number of aromatic nitrogens is 1. The molecule has 2 rings (SSSR count). The van der Waals surface area contributed by atoms with Crippen LogP contribution in [0.4, 0.5) is 0 Å². The van der Waals surface area contributed by atoms with Gasteiger partial charge in [-0.25, -0.2) is 0 Å². The van der Waals surface area contributed by atoms with Crippen molar-refractivity contribution < 1.29 is 0 Å². The Kier molecular flexibility index (Phi) is 4.68. The van der Waals surface area contributed by atoms with Gasteiger partial charge in [0, 0.05) is 22.7 Å². The standard InChI is InChI=1S/C15H24N2S/c1-4-9-16-14(15(3)8-5-10-18-15)13-7-6-12(2)17-11-13/h6-7,11,14,16H,4-5,8-10H2,1-3H3. The molecule has 1 aliphatic heterocycles. The third-order valence-electron chi connectivity index (χ3n) is 3.73. The van der Waals surface area contributed by atoms with Gasteiger partial charge in [0.2, 0.25) is 0 Å². The van der Waals surface area contributed by atoms with E-state index in [-0.39, 0.29) is 0 Å². The first kappa shape index (κ1) is 13.9.